The van der Waals surface area contributed by atoms with Crippen molar-refractivity contribution < 1.29 is 17.9 Å². The van der Waals surface area contributed by atoms with Crippen molar-refractivity contribution in [2.24, 2.45) is 5.73 Å². The third kappa shape index (κ3) is 3.64. The number of fused-ring (bicyclic) bond motifs is 1. The highest BCUT2D eigenvalue weighted by atomic mass is 35.5. The molecule has 3 heterocycles. The first-order valence-electron chi connectivity index (χ1n) is 8.78. The van der Waals surface area contributed by atoms with Gasteiger partial charge in [0.25, 0.3) is 10.0 Å². The Morgan fingerprint density at radius 3 is 2.76 bits per heavy atom. The lowest BCUT2D eigenvalue weighted by molar-refractivity contribution is -0.127. The van der Waals surface area contributed by atoms with Crippen molar-refractivity contribution in [3.05, 3.63) is 39.9 Å². The lowest BCUT2D eigenvalue weighted by Crippen LogP contribution is -2.45. The second-order valence-corrected chi connectivity index (χ2v) is 11.1. The highest BCUT2D eigenvalue weighted by molar-refractivity contribution is 7.95. The Kier molecular flexibility index (Phi) is 5.32. The van der Waals surface area contributed by atoms with Crippen LogP contribution in [0.3, 0.4) is 0 Å². The van der Waals surface area contributed by atoms with E-state index in [9.17, 15) is 13.2 Å². The summed E-state index contributed by atoms with van der Waals surface area (Å²) in [6, 6.07) is 5.29. The molecule has 3 N–H and O–H groups in total. The molecule has 1 aliphatic rings. The van der Waals surface area contributed by atoms with Crippen LogP contribution in [0.15, 0.2) is 27.8 Å². The van der Waals surface area contributed by atoms with Gasteiger partial charge in [0.15, 0.2) is 5.13 Å². The summed E-state index contributed by atoms with van der Waals surface area (Å²) in [6.45, 7) is 2.57. The van der Waals surface area contributed by atoms with Crippen LogP contribution in [-0.2, 0) is 25.0 Å². The van der Waals surface area contributed by atoms with E-state index in [0.717, 1.165) is 21.4 Å². The van der Waals surface area contributed by atoms with Crippen LogP contribution in [0.1, 0.15) is 24.1 Å². The van der Waals surface area contributed by atoms with Gasteiger partial charge in [-0.1, -0.05) is 11.6 Å². The third-order valence-corrected chi connectivity index (χ3v) is 9.49. The fraction of sp³-hybridized carbons (Fsp3) is 0.333. The van der Waals surface area contributed by atoms with Gasteiger partial charge in [-0.25, -0.2) is 13.4 Å². The first-order chi connectivity index (χ1) is 13.7. The Hall–Kier alpha value is -1.72. The number of rotatable bonds is 5. The van der Waals surface area contributed by atoms with E-state index in [1.54, 1.807) is 30.5 Å². The minimum atomic E-state index is -3.84. The first-order valence-corrected chi connectivity index (χ1v) is 12.3. The number of amides is 1. The number of nitrogens with zero attached hydrogens (tertiary/aromatic N) is 1. The summed E-state index contributed by atoms with van der Waals surface area (Å²) >= 11 is 8.35. The Bertz CT molecular complexity index is 1200. The maximum Gasteiger partial charge on any atom is 0.273 e. The standard InChI is InChI=1S/C18H18ClN3O4S3/c1-10-12-8-11(19)2-3-13(12)28-15(10)29(24,25)22-17-21-14(9-27-17)18(16(20)23)4-6-26-7-5-18/h2-3,8-9H,4-7H2,1H3,(H2,20,23)(H,21,22). The van der Waals surface area contributed by atoms with Crippen LogP contribution in [0, 0.1) is 6.92 Å². The maximum atomic E-state index is 13.0. The fourth-order valence-corrected chi connectivity index (χ4v) is 7.46. The molecule has 0 unspecified atom stereocenters. The molecule has 7 nitrogen and oxygen atoms in total. The molecular weight excluding hydrogens is 454 g/mol. The van der Waals surface area contributed by atoms with Gasteiger partial charge < -0.3 is 10.5 Å². The summed E-state index contributed by atoms with van der Waals surface area (Å²) in [5, 5.41) is 3.23. The topological polar surface area (TPSA) is 111 Å². The zero-order valence-corrected chi connectivity index (χ0v) is 18.6. The van der Waals surface area contributed by atoms with Crippen molar-refractivity contribution >= 4 is 65.4 Å². The number of nitrogens with one attached hydrogen (secondary N) is 1. The molecule has 0 spiro atoms. The van der Waals surface area contributed by atoms with E-state index in [4.69, 9.17) is 22.1 Å². The van der Waals surface area contributed by atoms with Crippen molar-refractivity contribution in [2.75, 3.05) is 17.9 Å². The van der Waals surface area contributed by atoms with E-state index in [2.05, 4.69) is 9.71 Å². The number of hydrogen-bond donors (Lipinski definition) is 2. The van der Waals surface area contributed by atoms with Crippen LogP contribution in [-0.4, -0.2) is 32.5 Å². The largest absolute Gasteiger partial charge is 0.381 e. The average molecular weight is 472 g/mol. The van der Waals surface area contributed by atoms with E-state index in [1.807, 2.05) is 0 Å². The van der Waals surface area contributed by atoms with E-state index < -0.39 is 21.3 Å². The smallest absolute Gasteiger partial charge is 0.273 e. The van der Waals surface area contributed by atoms with Crippen molar-refractivity contribution in [3.8, 4) is 0 Å². The van der Waals surface area contributed by atoms with E-state index in [-0.39, 0.29) is 9.34 Å². The molecule has 4 rings (SSSR count). The monoisotopic (exact) mass is 471 g/mol. The maximum absolute atomic E-state index is 13.0. The Morgan fingerprint density at radius 2 is 2.07 bits per heavy atom. The number of hydrogen-bond acceptors (Lipinski definition) is 7. The number of thiazole rings is 1. The molecule has 0 atom stereocenters. The summed E-state index contributed by atoms with van der Waals surface area (Å²) in [4.78, 5) is 16.5. The molecule has 3 aromatic rings. The number of anilines is 1. The van der Waals surface area contributed by atoms with Crippen LogP contribution < -0.4 is 10.5 Å². The average Bonchev–Trinajstić information content (AvgIpc) is 3.27. The molecule has 1 amide bonds. The van der Waals surface area contributed by atoms with Crippen molar-refractivity contribution in [1.82, 2.24) is 4.98 Å². The van der Waals surface area contributed by atoms with Crippen LogP contribution in [0.4, 0.5) is 5.13 Å². The second kappa shape index (κ2) is 7.51. The fourth-order valence-electron chi connectivity index (χ4n) is 3.48. The van der Waals surface area contributed by atoms with Gasteiger partial charge >= 0.3 is 0 Å². The minimum absolute atomic E-state index is 0.196. The highest BCUT2D eigenvalue weighted by Crippen LogP contribution is 2.39. The third-order valence-electron chi connectivity index (χ3n) is 5.13. The second-order valence-electron chi connectivity index (χ2n) is 6.86. The predicted octanol–water partition coefficient (Wildman–Crippen LogP) is 3.65. The minimum Gasteiger partial charge on any atom is -0.381 e. The number of thiophene rings is 1. The molecule has 11 heteroatoms. The zero-order valence-electron chi connectivity index (χ0n) is 15.4. The van der Waals surface area contributed by atoms with Crippen molar-refractivity contribution in [2.45, 2.75) is 29.4 Å². The van der Waals surface area contributed by atoms with Gasteiger partial charge in [-0.05, 0) is 48.9 Å². The van der Waals surface area contributed by atoms with Gasteiger partial charge in [0.2, 0.25) is 5.91 Å². The molecule has 154 valence electrons. The summed E-state index contributed by atoms with van der Waals surface area (Å²) < 4.78 is 34.9. The molecule has 0 radical (unpaired) electrons. The number of carbonyl (C=O) groups is 1. The van der Waals surface area contributed by atoms with Gasteiger partial charge in [0.1, 0.15) is 4.21 Å². The van der Waals surface area contributed by atoms with Gasteiger partial charge in [-0.15, -0.1) is 22.7 Å². The summed E-state index contributed by atoms with van der Waals surface area (Å²) in [7, 11) is -3.84. The first kappa shape index (κ1) is 20.5. The van der Waals surface area contributed by atoms with Crippen molar-refractivity contribution in [3.63, 3.8) is 0 Å². The van der Waals surface area contributed by atoms with Gasteiger partial charge in [0, 0.05) is 28.3 Å². The number of aryl methyl sites for hydroxylation is 1. The van der Waals surface area contributed by atoms with Gasteiger partial charge in [0.05, 0.1) is 11.1 Å². The van der Waals surface area contributed by atoms with Crippen LogP contribution in [0.5, 0.6) is 0 Å². The summed E-state index contributed by atoms with van der Waals surface area (Å²) in [6.07, 6.45) is 0.850. The van der Waals surface area contributed by atoms with Gasteiger partial charge in [-0.2, -0.15) is 0 Å². The van der Waals surface area contributed by atoms with Crippen LogP contribution in [0.2, 0.25) is 5.02 Å². The van der Waals surface area contributed by atoms with Crippen molar-refractivity contribution in [1.29, 1.82) is 0 Å². The lowest BCUT2D eigenvalue weighted by Gasteiger charge is -2.32. The van der Waals surface area contributed by atoms with Crippen LogP contribution >= 0.6 is 34.3 Å². The number of carbonyl (C=O) groups excluding carboxylic acids is 1. The molecule has 1 aromatic carbocycles. The lowest BCUT2D eigenvalue weighted by atomic mass is 9.77. The molecule has 1 saturated heterocycles. The van der Waals surface area contributed by atoms with E-state index in [1.165, 1.54) is 11.3 Å². The molecule has 1 fully saturated rings. The summed E-state index contributed by atoms with van der Waals surface area (Å²) in [5.41, 5.74) is 5.85. The van der Waals surface area contributed by atoms with Gasteiger partial charge in [-0.3, -0.25) is 9.52 Å². The number of ether oxygens (including phenoxy) is 1. The molecule has 0 saturated carbocycles. The van der Waals surface area contributed by atoms with E-state index >= 15 is 0 Å². The predicted molar refractivity (Wildman–Crippen MR) is 115 cm³/mol. The molecule has 2 aromatic heterocycles. The quantitative estimate of drug-likeness (QED) is 0.589. The zero-order chi connectivity index (χ0) is 20.8. The van der Waals surface area contributed by atoms with E-state index in [0.29, 0.717) is 42.3 Å². The molecule has 0 aliphatic carbocycles. The molecular formula is C18H18ClN3O4S3. The highest BCUT2D eigenvalue weighted by Gasteiger charge is 2.42. The molecule has 0 bridgehead atoms. The normalized spacial score (nSPS) is 16.8. The van der Waals surface area contributed by atoms with Crippen LogP contribution in [0.25, 0.3) is 10.1 Å². The number of nitrogens with two attached hydrogens (primary N) is 1. The summed E-state index contributed by atoms with van der Waals surface area (Å²) in [5.74, 6) is -0.474. The number of sulfonamides is 1. The number of halogens is 1. The Balaban J connectivity index is 1.66. The molecule has 29 heavy (non-hydrogen) atoms. The SMILES string of the molecule is Cc1c(S(=O)(=O)Nc2nc(C3(C(N)=O)CCOCC3)cs2)sc2ccc(Cl)cc12. The molecule has 1 aliphatic heterocycles. The Labute approximate surface area is 180 Å². The number of aromatic nitrogens is 1. The number of benzene rings is 1. The number of primary amides is 1. The Morgan fingerprint density at radius 1 is 1.34 bits per heavy atom.